The monoisotopic (exact) mass is 806 g/mol. The Morgan fingerprint density at radius 1 is 0.655 bits per heavy atom. The molecule has 20 heteroatoms. The number of aromatic carboxylic acids is 1. The Kier molecular flexibility index (Phi) is 9.68. The van der Waals surface area contributed by atoms with E-state index in [1.54, 1.807) is 6.92 Å². The van der Waals surface area contributed by atoms with Crippen molar-refractivity contribution in [3.63, 3.8) is 0 Å². The molecule has 0 unspecified atom stereocenters. The summed E-state index contributed by atoms with van der Waals surface area (Å²) in [6.45, 7) is 0.330. The van der Waals surface area contributed by atoms with E-state index in [2.05, 4.69) is 0 Å². The van der Waals surface area contributed by atoms with Crippen LogP contribution in [0.3, 0.4) is 0 Å². The number of nitrogens with zero attached hydrogens (tertiary/aromatic N) is 2. The van der Waals surface area contributed by atoms with E-state index in [0.29, 0.717) is 17.8 Å². The number of aromatic nitrogens is 2. The van der Waals surface area contributed by atoms with E-state index in [4.69, 9.17) is 33.9 Å². The number of hydrogen-bond donors (Lipinski definition) is 3. The van der Waals surface area contributed by atoms with Gasteiger partial charge in [0, 0.05) is 24.5 Å². The van der Waals surface area contributed by atoms with E-state index in [1.807, 2.05) is 0 Å². The topological polar surface area (TPSA) is 219 Å². The Hall–Kier alpha value is -7.90. The van der Waals surface area contributed by atoms with Gasteiger partial charge < -0.3 is 48.1 Å². The lowest BCUT2D eigenvalue weighted by atomic mass is 10.1. The van der Waals surface area contributed by atoms with Gasteiger partial charge in [-0.2, -0.15) is 8.78 Å². The highest BCUT2D eigenvalue weighted by atomic mass is 19.2. The number of carbonyl (C=O) groups is 4. The fourth-order valence-electron chi connectivity index (χ4n) is 6.12. The summed E-state index contributed by atoms with van der Waals surface area (Å²) in [6, 6.07) is 9.56. The molecular weight excluding hydrogens is 784 g/mol. The van der Waals surface area contributed by atoms with Gasteiger partial charge in [-0.15, -0.1) is 0 Å². The molecule has 6 aromatic rings. The average Bonchev–Trinajstić information content (AvgIpc) is 3.18. The minimum absolute atomic E-state index is 0.00893. The Balaban J connectivity index is 0.000000177. The lowest BCUT2D eigenvalue weighted by Crippen LogP contribution is -2.22. The third kappa shape index (κ3) is 6.61. The van der Waals surface area contributed by atoms with Crippen LogP contribution >= 0.6 is 0 Å². The Bertz CT molecular complexity index is 2930. The smallest absolute Gasteiger partial charge is 0.343 e. The predicted octanol–water partition coefficient (Wildman–Crippen LogP) is 5.55. The van der Waals surface area contributed by atoms with Gasteiger partial charge in [0.2, 0.25) is 22.5 Å². The molecule has 0 bridgehead atoms. The maximum atomic E-state index is 14.5. The lowest BCUT2D eigenvalue weighted by molar-refractivity contribution is -0.140. The molecule has 8 rings (SSSR count). The van der Waals surface area contributed by atoms with Crippen LogP contribution in [0, 0.1) is 23.3 Å². The number of benzene rings is 4. The van der Waals surface area contributed by atoms with Gasteiger partial charge in [-0.1, -0.05) is 0 Å². The van der Waals surface area contributed by atoms with Crippen LogP contribution in [0.15, 0.2) is 70.5 Å². The zero-order valence-electron chi connectivity index (χ0n) is 29.1. The first-order chi connectivity index (χ1) is 27.6. The highest BCUT2D eigenvalue weighted by molar-refractivity contribution is 5.98. The van der Waals surface area contributed by atoms with Gasteiger partial charge in [-0.05, 0) is 43.3 Å². The second-order valence-corrected chi connectivity index (χ2v) is 12.1. The summed E-state index contributed by atoms with van der Waals surface area (Å²) in [5.41, 5.74) is -2.45. The molecule has 3 N–H and O–H groups in total. The summed E-state index contributed by atoms with van der Waals surface area (Å²) >= 11 is 0. The van der Waals surface area contributed by atoms with E-state index in [-0.39, 0.29) is 62.7 Å². The summed E-state index contributed by atoms with van der Waals surface area (Å²) in [5.74, 6) is -11.2. The van der Waals surface area contributed by atoms with Gasteiger partial charge in [0.1, 0.15) is 33.7 Å². The predicted molar refractivity (Wildman–Crippen MR) is 188 cm³/mol. The molecule has 0 spiro atoms. The van der Waals surface area contributed by atoms with Crippen LogP contribution in [0.25, 0.3) is 33.2 Å². The fourth-order valence-corrected chi connectivity index (χ4v) is 6.12. The van der Waals surface area contributed by atoms with Gasteiger partial charge in [0.15, 0.2) is 47.8 Å². The number of carboxylic acids is 3. The van der Waals surface area contributed by atoms with Crippen LogP contribution in [0.4, 0.5) is 17.6 Å². The zero-order valence-corrected chi connectivity index (χ0v) is 29.1. The Morgan fingerprint density at radius 3 is 1.50 bits per heavy atom. The number of carbonyl (C=O) groups excluding carboxylic acids is 1. The Labute approximate surface area is 318 Å². The molecule has 0 saturated carbocycles. The van der Waals surface area contributed by atoms with E-state index < -0.39 is 88.3 Å². The second-order valence-electron chi connectivity index (χ2n) is 12.1. The maximum absolute atomic E-state index is 14.5. The molecule has 0 atom stereocenters. The number of ether oxygens (including phenoxy) is 5. The van der Waals surface area contributed by atoms with Gasteiger partial charge in [-0.25, -0.2) is 28.0 Å². The van der Waals surface area contributed by atoms with Crippen molar-refractivity contribution in [2.75, 3.05) is 19.8 Å². The van der Waals surface area contributed by atoms with E-state index >= 15 is 0 Å². The number of carboxylic acid groups (broad SMARTS) is 3. The van der Waals surface area contributed by atoms with Crippen molar-refractivity contribution in [1.29, 1.82) is 0 Å². The standard InChI is InChI=1S/C20H13F2NO7.C18H9F2NO7/c1-2-28-20(27)11-7-23-13-4-3-9(29-8-15(24)25)5-14(13)30-19-16(22)12(21)6-10(17(19)23)18(11)26;19-10-4-8-15-17(14(10)20)28-12-3-7(27-6-13(22)23)1-2-11(12)21(15)5-9(16(8)24)18(25)26/h3-7H,2,8H2,1H3,(H,24,25);1-5H,6H2,(H,22,23)(H,25,26). The molecule has 16 nitrogen and oxygen atoms in total. The number of hydrogen-bond acceptors (Lipinski definition) is 11. The molecule has 0 fully saturated rings. The van der Waals surface area contributed by atoms with Crippen LogP contribution in [0.5, 0.6) is 34.5 Å². The largest absolute Gasteiger partial charge is 0.482 e. The highest BCUT2D eigenvalue weighted by Gasteiger charge is 2.31. The molecular formula is C38H22F4N2O14. The van der Waals surface area contributed by atoms with Crippen molar-refractivity contribution < 1.29 is 75.7 Å². The minimum Gasteiger partial charge on any atom is -0.482 e. The lowest BCUT2D eigenvalue weighted by Gasteiger charge is -2.24. The maximum Gasteiger partial charge on any atom is 0.343 e. The van der Waals surface area contributed by atoms with Crippen molar-refractivity contribution in [1.82, 2.24) is 9.13 Å². The molecule has 2 aromatic heterocycles. The van der Waals surface area contributed by atoms with Crippen LogP contribution < -0.4 is 29.8 Å². The zero-order chi connectivity index (χ0) is 41.7. The van der Waals surface area contributed by atoms with Crippen LogP contribution in [0.2, 0.25) is 0 Å². The molecule has 2 aliphatic rings. The minimum atomic E-state index is -1.53. The van der Waals surface area contributed by atoms with Crippen molar-refractivity contribution in [3.8, 4) is 45.9 Å². The summed E-state index contributed by atoms with van der Waals surface area (Å²) < 4.78 is 85.4. The Morgan fingerprint density at radius 2 is 1.09 bits per heavy atom. The molecule has 0 aliphatic carbocycles. The fraction of sp³-hybridized carbons (Fsp3) is 0.105. The molecule has 2 aliphatic heterocycles. The normalized spacial score (nSPS) is 11.6. The van der Waals surface area contributed by atoms with Crippen molar-refractivity contribution >= 4 is 45.7 Å². The molecule has 0 amide bonds. The molecule has 0 saturated heterocycles. The van der Waals surface area contributed by atoms with E-state index in [9.17, 15) is 51.4 Å². The SMILES string of the molecule is CCOC(=O)c1cn2c3c(c(F)c(F)cc3c1=O)Oc1cc(OCC(=O)O)ccc1-2.O=C(O)COc1ccc2c(c1)Oc1c(F)c(F)cc3c(=O)c(C(=O)O)cn-2c13. The number of aliphatic carboxylic acids is 2. The molecule has 4 heterocycles. The average molecular weight is 807 g/mol. The van der Waals surface area contributed by atoms with Crippen LogP contribution in [-0.2, 0) is 14.3 Å². The number of fused-ring (bicyclic) bond motifs is 4. The van der Waals surface area contributed by atoms with Crippen molar-refractivity contribution in [2.45, 2.75) is 6.92 Å². The molecule has 296 valence electrons. The van der Waals surface area contributed by atoms with Gasteiger partial charge in [-0.3, -0.25) is 9.59 Å². The van der Waals surface area contributed by atoms with Crippen LogP contribution in [-0.4, -0.2) is 68.2 Å². The van der Waals surface area contributed by atoms with Gasteiger partial charge in [0.05, 0.1) is 28.8 Å². The van der Waals surface area contributed by atoms with Gasteiger partial charge >= 0.3 is 23.9 Å². The van der Waals surface area contributed by atoms with Gasteiger partial charge in [0.25, 0.3) is 0 Å². The second kappa shape index (κ2) is 14.6. The summed E-state index contributed by atoms with van der Waals surface area (Å²) in [6.07, 6.45) is 2.16. The summed E-state index contributed by atoms with van der Waals surface area (Å²) in [4.78, 5) is 70.1. The molecule has 58 heavy (non-hydrogen) atoms. The van der Waals surface area contributed by atoms with E-state index in [1.165, 1.54) is 51.7 Å². The van der Waals surface area contributed by atoms with Crippen molar-refractivity contribution in [2.24, 2.45) is 0 Å². The number of rotatable bonds is 9. The van der Waals surface area contributed by atoms with Crippen molar-refractivity contribution in [3.05, 3.63) is 116 Å². The number of halogens is 4. The molecule has 4 aromatic carbocycles. The first-order valence-corrected chi connectivity index (χ1v) is 16.5. The summed E-state index contributed by atoms with van der Waals surface area (Å²) in [5, 5.41) is 26.1. The third-order valence-electron chi connectivity index (χ3n) is 8.53. The third-order valence-corrected chi connectivity index (χ3v) is 8.53. The van der Waals surface area contributed by atoms with Crippen LogP contribution in [0.1, 0.15) is 27.6 Å². The first kappa shape index (κ1) is 38.4. The number of pyridine rings is 2. The first-order valence-electron chi connectivity index (χ1n) is 16.5. The molecule has 0 radical (unpaired) electrons. The number of esters is 1. The summed E-state index contributed by atoms with van der Waals surface area (Å²) in [7, 11) is 0. The quantitative estimate of drug-likeness (QED) is 0.120. The van der Waals surface area contributed by atoms with E-state index in [0.717, 1.165) is 6.20 Å². The highest BCUT2D eigenvalue weighted by Crippen LogP contribution is 2.45.